The molecule has 0 aromatic heterocycles. The molecule has 0 heterocycles. The Kier molecular flexibility index (Phi) is 5.92. The number of anilines is 1. The van der Waals surface area contributed by atoms with Gasteiger partial charge in [-0.15, -0.1) is 0 Å². The SMILES string of the molecule is Cc1ccc(NC(=S)N(CCO)Cc2ccccc2)cc1C. The molecule has 0 bridgehead atoms. The number of aliphatic hydroxyl groups excluding tert-OH is 1. The third kappa shape index (κ3) is 4.55. The molecule has 0 aliphatic rings. The first-order valence-corrected chi connectivity index (χ1v) is 7.79. The van der Waals surface area contributed by atoms with Gasteiger partial charge in [-0.3, -0.25) is 0 Å². The van der Waals surface area contributed by atoms with Gasteiger partial charge in [0.2, 0.25) is 0 Å². The fourth-order valence-electron chi connectivity index (χ4n) is 2.20. The number of rotatable bonds is 5. The van der Waals surface area contributed by atoms with Crippen molar-refractivity contribution >= 4 is 23.0 Å². The lowest BCUT2D eigenvalue weighted by Gasteiger charge is -2.25. The summed E-state index contributed by atoms with van der Waals surface area (Å²) in [6, 6.07) is 16.3. The molecule has 2 aromatic carbocycles. The zero-order chi connectivity index (χ0) is 15.9. The summed E-state index contributed by atoms with van der Waals surface area (Å²) in [5, 5.41) is 13.2. The Morgan fingerprint density at radius 1 is 1.09 bits per heavy atom. The van der Waals surface area contributed by atoms with Crippen LogP contribution in [0.5, 0.6) is 0 Å². The Balaban J connectivity index is 2.07. The van der Waals surface area contributed by atoms with Crippen LogP contribution in [0.15, 0.2) is 48.5 Å². The third-order valence-corrected chi connectivity index (χ3v) is 3.99. The molecule has 4 heteroatoms. The van der Waals surface area contributed by atoms with Crippen molar-refractivity contribution in [2.45, 2.75) is 20.4 Å². The molecule has 2 rings (SSSR count). The van der Waals surface area contributed by atoms with Gasteiger partial charge in [-0.1, -0.05) is 36.4 Å². The van der Waals surface area contributed by atoms with Crippen LogP contribution in [0.4, 0.5) is 5.69 Å². The van der Waals surface area contributed by atoms with E-state index in [4.69, 9.17) is 12.2 Å². The standard InChI is InChI=1S/C18H22N2OS/c1-14-8-9-17(12-15(14)2)19-18(22)20(10-11-21)13-16-6-4-3-5-7-16/h3-9,12,21H,10-11,13H2,1-2H3,(H,19,22). The Morgan fingerprint density at radius 2 is 1.82 bits per heavy atom. The lowest BCUT2D eigenvalue weighted by Crippen LogP contribution is -2.36. The summed E-state index contributed by atoms with van der Waals surface area (Å²) in [7, 11) is 0. The van der Waals surface area contributed by atoms with Crippen LogP contribution < -0.4 is 5.32 Å². The Morgan fingerprint density at radius 3 is 2.45 bits per heavy atom. The highest BCUT2D eigenvalue weighted by molar-refractivity contribution is 7.80. The highest BCUT2D eigenvalue weighted by Gasteiger charge is 2.10. The number of aryl methyl sites for hydroxylation is 2. The fourth-order valence-corrected chi connectivity index (χ4v) is 2.47. The average molecular weight is 314 g/mol. The number of hydrogen-bond acceptors (Lipinski definition) is 2. The van der Waals surface area contributed by atoms with E-state index in [0.29, 0.717) is 18.2 Å². The van der Waals surface area contributed by atoms with Gasteiger partial charge in [-0.05, 0) is 54.9 Å². The van der Waals surface area contributed by atoms with Crippen molar-refractivity contribution < 1.29 is 5.11 Å². The Hall–Kier alpha value is -1.91. The second-order valence-corrected chi connectivity index (χ2v) is 5.75. The summed E-state index contributed by atoms with van der Waals surface area (Å²) >= 11 is 5.50. The van der Waals surface area contributed by atoms with E-state index in [1.165, 1.54) is 16.7 Å². The first-order chi connectivity index (χ1) is 10.6. The predicted octanol–water partition coefficient (Wildman–Crippen LogP) is 3.49. The van der Waals surface area contributed by atoms with Crippen LogP contribution in [0.25, 0.3) is 0 Å². The third-order valence-electron chi connectivity index (χ3n) is 3.63. The lowest BCUT2D eigenvalue weighted by molar-refractivity contribution is 0.248. The van der Waals surface area contributed by atoms with Gasteiger partial charge in [0.1, 0.15) is 0 Å². The van der Waals surface area contributed by atoms with Gasteiger partial charge in [0.05, 0.1) is 6.61 Å². The van der Waals surface area contributed by atoms with E-state index in [2.05, 4.69) is 43.4 Å². The quantitative estimate of drug-likeness (QED) is 0.828. The van der Waals surface area contributed by atoms with E-state index in [1.807, 2.05) is 29.2 Å². The number of aliphatic hydroxyl groups is 1. The maximum Gasteiger partial charge on any atom is 0.173 e. The predicted molar refractivity (Wildman–Crippen MR) is 96.1 cm³/mol. The lowest BCUT2D eigenvalue weighted by atomic mass is 10.1. The average Bonchev–Trinajstić information content (AvgIpc) is 2.51. The number of thiocarbonyl (C=S) groups is 1. The van der Waals surface area contributed by atoms with E-state index in [9.17, 15) is 5.11 Å². The summed E-state index contributed by atoms with van der Waals surface area (Å²) in [6.07, 6.45) is 0. The van der Waals surface area contributed by atoms with Gasteiger partial charge in [-0.2, -0.15) is 0 Å². The summed E-state index contributed by atoms with van der Waals surface area (Å²) in [5.41, 5.74) is 4.63. The van der Waals surface area contributed by atoms with Crippen molar-refractivity contribution in [2.24, 2.45) is 0 Å². The van der Waals surface area contributed by atoms with E-state index in [-0.39, 0.29) is 6.61 Å². The van der Waals surface area contributed by atoms with Gasteiger partial charge < -0.3 is 15.3 Å². The molecule has 116 valence electrons. The van der Waals surface area contributed by atoms with Crippen LogP contribution in [0.1, 0.15) is 16.7 Å². The van der Waals surface area contributed by atoms with Gasteiger partial charge in [0.15, 0.2) is 5.11 Å². The van der Waals surface area contributed by atoms with Crippen molar-refractivity contribution in [3.8, 4) is 0 Å². The van der Waals surface area contributed by atoms with E-state index >= 15 is 0 Å². The minimum absolute atomic E-state index is 0.0710. The van der Waals surface area contributed by atoms with Crippen LogP contribution in [-0.4, -0.2) is 28.3 Å². The summed E-state index contributed by atoms with van der Waals surface area (Å²) < 4.78 is 0. The maximum atomic E-state index is 9.28. The summed E-state index contributed by atoms with van der Waals surface area (Å²) in [6.45, 7) is 5.43. The van der Waals surface area contributed by atoms with Gasteiger partial charge in [0, 0.05) is 18.8 Å². The highest BCUT2D eigenvalue weighted by atomic mass is 32.1. The van der Waals surface area contributed by atoms with E-state index in [1.54, 1.807) is 0 Å². The second kappa shape index (κ2) is 7.92. The highest BCUT2D eigenvalue weighted by Crippen LogP contribution is 2.15. The zero-order valence-corrected chi connectivity index (χ0v) is 13.9. The van der Waals surface area contributed by atoms with Crippen molar-refractivity contribution in [3.05, 3.63) is 65.2 Å². The zero-order valence-electron chi connectivity index (χ0n) is 13.0. The maximum absolute atomic E-state index is 9.28. The summed E-state index contributed by atoms with van der Waals surface area (Å²) in [5.74, 6) is 0. The largest absolute Gasteiger partial charge is 0.395 e. The molecule has 0 radical (unpaired) electrons. The Labute approximate surface area is 137 Å². The number of nitrogens with zero attached hydrogens (tertiary/aromatic N) is 1. The van der Waals surface area contributed by atoms with E-state index in [0.717, 1.165) is 5.69 Å². The Bertz CT molecular complexity index is 628. The number of nitrogens with one attached hydrogen (secondary N) is 1. The summed E-state index contributed by atoms with van der Waals surface area (Å²) in [4.78, 5) is 1.97. The smallest absolute Gasteiger partial charge is 0.173 e. The monoisotopic (exact) mass is 314 g/mol. The molecule has 22 heavy (non-hydrogen) atoms. The van der Waals surface area contributed by atoms with Gasteiger partial charge in [0.25, 0.3) is 0 Å². The molecule has 2 N–H and O–H groups in total. The topological polar surface area (TPSA) is 35.5 Å². The van der Waals surface area contributed by atoms with Crippen LogP contribution >= 0.6 is 12.2 Å². The first-order valence-electron chi connectivity index (χ1n) is 7.38. The fraction of sp³-hybridized carbons (Fsp3) is 0.278. The molecule has 0 unspecified atom stereocenters. The number of benzene rings is 2. The first kappa shape index (κ1) is 16.5. The van der Waals surface area contributed by atoms with Crippen molar-refractivity contribution in [1.82, 2.24) is 4.90 Å². The minimum Gasteiger partial charge on any atom is -0.395 e. The molecule has 3 nitrogen and oxygen atoms in total. The molecule has 0 fully saturated rings. The van der Waals surface area contributed by atoms with Crippen molar-refractivity contribution in [1.29, 1.82) is 0 Å². The molecule has 0 aliphatic heterocycles. The van der Waals surface area contributed by atoms with Crippen LogP contribution in [0.3, 0.4) is 0 Å². The molecular formula is C18H22N2OS. The van der Waals surface area contributed by atoms with Crippen LogP contribution in [0.2, 0.25) is 0 Å². The van der Waals surface area contributed by atoms with Gasteiger partial charge >= 0.3 is 0 Å². The van der Waals surface area contributed by atoms with Crippen LogP contribution in [0, 0.1) is 13.8 Å². The molecule has 0 atom stereocenters. The number of hydrogen-bond donors (Lipinski definition) is 2. The van der Waals surface area contributed by atoms with E-state index < -0.39 is 0 Å². The molecule has 0 aliphatic carbocycles. The molecule has 0 amide bonds. The normalized spacial score (nSPS) is 10.3. The minimum atomic E-state index is 0.0710. The molecular weight excluding hydrogens is 292 g/mol. The van der Waals surface area contributed by atoms with Crippen molar-refractivity contribution in [2.75, 3.05) is 18.5 Å². The molecule has 0 saturated carbocycles. The van der Waals surface area contributed by atoms with Gasteiger partial charge in [-0.25, -0.2) is 0 Å². The molecule has 2 aromatic rings. The molecule has 0 saturated heterocycles. The van der Waals surface area contributed by atoms with Crippen molar-refractivity contribution in [3.63, 3.8) is 0 Å². The second-order valence-electron chi connectivity index (χ2n) is 5.36. The molecule has 0 spiro atoms. The van der Waals surface area contributed by atoms with Crippen LogP contribution in [-0.2, 0) is 6.54 Å².